The van der Waals surface area contributed by atoms with Crippen molar-refractivity contribution in [3.8, 4) is 5.75 Å². The molecule has 0 radical (unpaired) electrons. The first-order valence-electron chi connectivity index (χ1n) is 10.4. The van der Waals surface area contributed by atoms with Crippen molar-refractivity contribution in [2.75, 3.05) is 18.7 Å². The SMILES string of the molecule is COc1ccc(S(C)(=O)=O)cc1Nc1nc2c3c(ccc2s1)C(CCCC(C)C)N=C3. The molecule has 2 aromatic carbocycles. The molecular weight excluding hydrogens is 430 g/mol. The predicted molar refractivity (Wildman–Crippen MR) is 128 cm³/mol. The minimum atomic E-state index is -3.32. The molecule has 4 rings (SSSR count). The normalized spacial score (nSPS) is 15.6. The van der Waals surface area contributed by atoms with E-state index in [1.807, 2.05) is 6.21 Å². The van der Waals surface area contributed by atoms with Crippen molar-refractivity contribution >= 4 is 48.4 Å². The Morgan fingerprint density at radius 2 is 2.03 bits per heavy atom. The molecule has 1 unspecified atom stereocenters. The minimum absolute atomic E-state index is 0.211. The van der Waals surface area contributed by atoms with Gasteiger partial charge in [0.15, 0.2) is 15.0 Å². The van der Waals surface area contributed by atoms with E-state index in [1.165, 1.54) is 29.6 Å². The number of aliphatic imine (C=N–C) groups is 1. The third-order valence-corrected chi connectivity index (χ3v) is 7.52. The van der Waals surface area contributed by atoms with Crippen LogP contribution < -0.4 is 10.1 Å². The van der Waals surface area contributed by atoms with Gasteiger partial charge in [0.2, 0.25) is 0 Å². The molecule has 164 valence electrons. The largest absolute Gasteiger partial charge is 0.495 e. The van der Waals surface area contributed by atoms with Crippen LogP contribution in [0, 0.1) is 5.92 Å². The summed E-state index contributed by atoms with van der Waals surface area (Å²) in [6.07, 6.45) is 6.57. The van der Waals surface area contributed by atoms with Crippen LogP contribution in [0.25, 0.3) is 10.2 Å². The van der Waals surface area contributed by atoms with E-state index < -0.39 is 9.84 Å². The van der Waals surface area contributed by atoms with Gasteiger partial charge in [-0.1, -0.05) is 44.1 Å². The van der Waals surface area contributed by atoms with Gasteiger partial charge in [-0.2, -0.15) is 0 Å². The first-order chi connectivity index (χ1) is 14.8. The lowest BCUT2D eigenvalue weighted by molar-refractivity contribution is 0.416. The number of fused-ring (bicyclic) bond motifs is 3. The van der Waals surface area contributed by atoms with E-state index in [2.05, 4.69) is 31.3 Å². The summed E-state index contributed by atoms with van der Waals surface area (Å²) in [5, 5.41) is 3.93. The van der Waals surface area contributed by atoms with Crippen LogP contribution in [0.5, 0.6) is 5.75 Å². The number of sulfone groups is 1. The summed E-state index contributed by atoms with van der Waals surface area (Å²) in [4.78, 5) is 9.77. The Kier molecular flexibility index (Phi) is 6.03. The molecule has 2 heterocycles. The molecular formula is C23H27N3O3S2. The zero-order valence-electron chi connectivity index (χ0n) is 18.2. The molecule has 8 heteroatoms. The van der Waals surface area contributed by atoms with Crippen LogP contribution in [0.3, 0.4) is 0 Å². The van der Waals surface area contributed by atoms with E-state index in [1.54, 1.807) is 25.3 Å². The standard InChI is InChI=1S/C23H27N3O3S2/c1-14(2)6-5-7-18-16-9-11-21-22(17(16)13-24-18)26-23(30-21)25-19-12-15(31(4,27)28)8-10-20(19)29-3/h8-14,18H,5-7H2,1-4H3,(H,25,26). The molecule has 6 nitrogen and oxygen atoms in total. The number of thiazole rings is 1. The Labute approximate surface area is 187 Å². The number of aromatic nitrogens is 1. The Morgan fingerprint density at radius 1 is 1.23 bits per heavy atom. The average molecular weight is 458 g/mol. The third-order valence-electron chi connectivity index (χ3n) is 5.48. The fourth-order valence-electron chi connectivity index (χ4n) is 3.83. The number of hydrogen-bond donors (Lipinski definition) is 1. The highest BCUT2D eigenvalue weighted by atomic mass is 32.2. The zero-order valence-corrected chi connectivity index (χ0v) is 19.8. The second-order valence-corrected chi connectivity index (χ2v) is 11.4. The van der Waals surface area contributed by atoms with Crippen LogP contribution in [0.2, 0.25) is 0 Å². The predicted octanol–water partition coefficient (Wildman–Crippen LogP) is 5.75. The van der Waals surface area contributed by atoms with E-state index in [4.69, 9.17) is 14.7 Å². The van der Waals surface area contributed by atoms with Gasteiger partial charge in [0, 0.05) is 18.0 Å². The summed E-state index contributed by atoms with van der Waals surface area (Å²) < 4.78 is 30.4. The lowest BCUT2D eigenvalue weighted by atomic mass is 9.97. The highest BCUT2D eigenvalue weighted by Gasteiger charge is 2.22. The molecule has 1 aliphatic heterocycles. The Bertz CT molecular complexity index is 1250. The van der Waals surface area contributed by atoms with Gasteiger partial charge in [0.1, 0.15) is 5.75 Å². The van der Waals surface area contributed by atoms with E-state index in [0.717, 1.165) is 28.6 Å². The number of rotatable bonds is 8. The van der Waals surface area contributed by atoms with Crippen LogP contribution in [0.4, 0.5) is 10.8 Å². The first-order valence-corrected chi connectivity index (χ1v) is 13.1. The lowest BCUT2D eigenvalue weighted by Gasteiger charge is -2.11. The summed E-state index contributed by atoms with van der Waals surface area (Å²) in [5.74, 6) is 1.27. The molecule has 1 aliphatic rings. The van der Waals surface area contributed by atoms with Crippen LogP contribution in [-0.4, -0.2) is 33.0 Å². The minimum Gasteiger partial charge on any atom is -0.495 e. The van der Waals surface area contributed by atoms with Gasteiger partial charge in [0.05, 0.1) is 34.0 Å². The fraction of sp³-hybridized carbons (Fsp3) is 0.391. The molecule has 1 aromatic heterocycles. The highest BCUT2D eigenvalue weighted by Crippen LogP contribution is 2.39. The van der Waals surface area contributed by atoms with Gasteiger partial charge in [-0.05, 0) is 42.2 Å². The maximum Gasteiger partial charge on any atom is 0.188 e. The van der Waals surface area contributed by atoms with E-state index in [0.29, 0.717) is 22.5 Å². The molecule has 0 amide bonds. The van der Waals surface area contributed by atoms with Crippen LogP contribution in [0.15, 0.2) is 40.2 Å². The quantitative estimate of drug-likeness (QED) is 0.466. The number of nitrogens with zero attached hydrogens (tertiary/aromatic N) is 2. The number of ether oxygens (including phenoxy) is 1. The van der Waals surface area contributed by atoms with Crippen molar-refractivity contribution < 1.29 is 13.2 Å². The summed E-state index contributed by atoms with van der Waals surface area (Å²) in [6.45, 7) is 4.50. The molecule has 31 heavy (non-hydrogen) atoms. The molecule has 1 N–H and O–H groups in total. The van der Waals surface area contributed by atoms with Crippen molar-refractivity contribution in [2.45, 2.75) is 44.0 Å². The first kappa shape index (κ1) is 21.8. The highest BCUT2D eigenvalue weighted by molar-refractivity contribution is 7.90. The lowest BCUT2D eigenvalue weighted by Crippen LogP contribution is -2.00. The molecule has 1 atom stereocenters. The zero-order chi connectivity index (χ0) is 22.2. The number of anilines is 2. The Hall–Kier alpha value is -2.45. The van der Waals surface area contributed by atoms with Crippen molar-refractivity contribution in [3.63, 3.8) is 0 Å². The number of methoxy groups -OCH3 is 1. The average Bonchev–Trinajstić information content (AvgIpc) is 3.30. The maximum absolute atomic E-state index is 12.0. The molecule has 0 aliphatic carbocycles. The van der Waals surface area contributed by atoms with E-state index in [-0.39, 0.29) is 10.9 Å². The Balaban J connectivity index is 1.62. The number of hydrogen-bond acceptors (Lipinski definition) is 7. The summed E-state index contributed by atoms with van der Waals surface area (Å²) in [7, 11) is -1.77. The second kappa shape index (κ2) is 8.59. The molecule has 0 fully saturated rings. The van der Waals surface area contributed by atoms with Gasteiger partial charge in [0.25, 0.3) is 0 Å². The third kappa shape index (κ3) is 4.60. The summed E-state index contributed by atoms with van der Waals surface area (Å²) >= 11 is 1.52. The van der Waals surface area contributed by atoms with E-state index in [9.17, 15) is 8.42 Å². The van der Waals surface area contributed by atoms with Crippen molar-refractivity contribution in [3.05, 3.63) is 41.5 Å². The van der Waals surface area contributed by atoms with Crippen molar-refractivity contribution in [1.82, 2.24) is 4.98 Å². The fourth-order valence-corrected chi connectivity index (χ4v) is 5.38. The summed E-state index contributed by atoms with van der Waals surface area (Å²) in [5.41, 5.74) is 3.83. The maximum atomic E-state index is 12.0. The Morgan fingerprint density at radius 3 is 2.74 bits per heavy atom. The second-order valence-electron chi connectivity index (χ2n) is 8.31. The summed E-state index contributed by atoms with van der Waals surface area (Å²) in [6, 6.07) is 9.25. The molecule has 0 saturated carbocycles. The monoisotopic (exact) mass is 457 g/mol. The number of nitrogens with one attached hydrogen (secondary N) is 1. The van der Waals surface area contributed by atoms with Gasteiger partial charge in [-0.3, -0.25) is 4.99 Å². The van der Waals surface area contributed by atoms with Crippen LogP contribution in [-0.2, 0) is 9.84 Å². The van der Waals surface area contributed by atoms with Gasteiger partial charge in [-0.25, -0.2) is 13.4 Å². The van der Waals surface area contributed by atoms with Crippen LogP contribution >= 0.6 is 11.3 Å². The topological polar surface area (TPSA) is 80.7 Å². The van der Waals surface area contributed by atoms with Crippen molar-refractivity contribution in [2.24, 2.45) is 10.9 Å². The van der Waals surface area contributed by atoms with Crippen LogP contribution in [0.1, 0.15) is 50.3 Å². The molecule has 0 bridgehead atoms. The van der Waals surface area contributed by atoms with E-state index >= 15 is 0 Å². The molecule has 0 saturated heterocycles. The molecule has 0 spiro atoms. The smallest absolute Gasteiger partial charge is 0.188 e. The van der Waals surface area contributed by atoms with Gasteiger partial charge >= 0.3 is 0 Å². The van der Waals surface area contributed by atoms with Crippen molar-refractivity contribution in [1.29, 1.82) is 0 Å². The van der Waals surface area contributed by atoms with Gasteiger partial charge in [-0.15, -0.1) is 0 Å². The number of benzene rings is 2. The van der Waals surface area contributed by atoms with Gasteiger partial charge < -0.3 is 10.1 Å². The molecule has 3 aromatic rings.